The molecule has 0 aliphatic carbocycles. The number of halogens is 1. The van der Waals surface area contributed by atoms with Gasteiger partial charge in [0, 0.05) is 6.04 Å². The quantitative estimate of drug-likeness (QED) is 0.807. The minimum atomic E-state index is -1.02. The first-order valence-corrected chi connectivity index (χ1v) is 6.75. The topological polar surface area (TPSA) is 58.6 Å². The Balaban J connectivity index is 2.76. The van der Waals surface area contributed by atoms with Gasteiger partial charge in [-0.2, -0.15) is 0 Å². The number of ether oxygens (including phenoxy) is 1. The van der Waals surface area contributed by atoms with Crippen molar-refractivity contribution in [3.05, 3.63) is 28.8 Å². The van der Waals surface area contributed by atoms with Crippen LogP contribution in [0.4, 0.5) is 0 Å². The fraction of sp³-hybridized carbons (Fsp3) is 0.500. The number of hydrogen-bond donors (Lipinski definition) is 2. The second-order valence-corrected chi connectivity index (χ2v) is 4.87. The molecule has 19 heavy (non-hydrogen) atoms. The first kappa shape index (κ1) is 15.8. The molecule has 0 bridgehead atoms. The predicted molar refractivity (Wildman–Crippen MR) is 75.9 cm³/mol. The van der Waals surface area contributed by atoms with Gasteiger partial charge in [0.05, 0.1) is 5.02 Å². The van der Waals surface area contributed by atoms with E-state index in [1.54, 1.807) is 12.1 Å². The maximum Gasteiger partial charge on any atom is 0.344 e. The van der Waals surface area contributed by atoms with E-state index in [0.717, 1.165) is 18.5 Å². The summed E-state index contributed by atoms with van der Waals surface area (Å²) in [5.41, 5.74) is 1.05. The Labute approximate surface area is 118 Å². The minimum absolute atomic E-state index is 0.198. The Kier molecular flexibility index (Phi) is 6.12. The fourth-order valence-electron chi connectivity index (χ4n) is 1.60. The molecule has 0 aromatic heterocycles. The van der Waals surface area contributed by atoms with Crippen molar-refractivity contribution in [1.82, 2.24) is 5.32 Å². The zero-order chi connectivity index (χ0) is 14.4. The van der Waals surface area contributed by atoms with Gasteiger partial charge in [0.1, 0.15) is 5.75 Å². The number of carbonyl (C=O) groups is 1. The molecule has 2 N–H and O–H groups in total. The largest absolute Gasteiger partial charge is 0.479 e. The van der Waals surface area contributed by atoms with Crippen molar-refractivity contribution in [3.8, 4) is 5.75 Å². The first-order chi connectivity index (χ1) is 8.95. The van der Waals surface area contributed by atoms with Gasteiger partial charge in [0.25, 0.3) is 0 Å². The van der Waals surface area contributed by atoms with E-state index in [1.807, 2.05) is 6.07 Å². The molecular weight excluding hydrogens is 266 g/mol. The van der Waals surface area contributed by atoms with Crippen molar-refractivity contribution in [2.24, 2.45) is 0 Å². The Hall–Kier alpha value is -1.26. The van der Waals surface area contributed by atoms with Crippen LogP contribution in [-0.4, -0.2) is 23.7 Å². The average Bonchev–Trinajstić information content (AvgIpc) is 2.37. The number of aliphatic carboxylic acids is 1. The number of hydrogen-bond acceptors (Lipinski definition) is 3. The number of carboxylic acids is 1. The Bertz CT molecular complexity index is 437. The number of nitrogens with one attached hydrogen (secondary N) is 1. The standard InChI is InChI=1S/C14H20ClNO3/c1-4-7-16-9(2)11-5-6-13(12(15)8-11)19-10(3)14(17)18/h5-6,8-10,16H,4,7H2,1-3H3,(H,17,18). The summed E-state index contributed by atoms with van der Waals surface area (Å²) in [6.45, 7) is 6.57. The normalized spacial score (nSPS) is 13.9. The lowest BCUT2D eigenvalue weighted by molar-refractivity contribution is -0.144. The van der Waals surface area contributed by atoms with Crippen LogP contribution in [0.1, 0.15) is 38.8 Å². The highest BCUT2D eigenvalue weighted by Gasteiger charge is 2.15. The van der Waals surface area contributed by atoms with Gasteiger partial charge >= 0.3 is 5.97 Å². The summed E-state index contributed by atoms with van der Waals surface area (Å²) in [5, 5.41) is 12.6. The van der Waals surface area contributed by atoms with Crippen molar-refractivity contribution in [3.63, 3.8) is 0 Å². The van der Waals surface area contributed by atoms with Crippen LogP contribution in [0.3, 0.4) is 0 Å². The lowest BCUT2D eigenvalue weighted by Crippen LogP contribution is -2.23. The molecule has 0 saturated heterocycles. The summed E-state index contributed by atoms with van der Waals surface area (Å²) in [7, 11) is 0. The third-order valence-electron chi connectivity index (χ3n) is 2.81. The summed E-state index contributed by atoms with van der Waals surface area (Å²) >= 11 is 6.11. The monoisotopic (exact) mass is 285 g/mol. The van der Waals surface area contributed by atoms with E-state index in [-0.39, 0.29) is 6.04 Å². The molecule has 1 rings (SSSR count). The summed E-state index contributed by atoms with van der Waals surface area (Å²) in [5.74, 6) is -0.624. The molecule has 0 amide bonds. The smallest absolute Gasteiger partial charge is 0.344 e. The Morgan fingerprint density at radius 1 is 1.47 bits per heavy atom. The van der Waals surface area contributed by atoms with E-state index in [2.05, 4.69) is 19.2 Å². The molecular formula is C14H20ClNO3. The molecule has 1 aromatic rings. The molecule has 2 unspecified atom stereocenters. The van der Waals surface area contributed by atoms with Crippen LogP contribution in [0.2, 0.25) is 5.02 Å². The highest BCUT2D eigenvalue weighted by atomic mass is 35.5. The molecule has 106 valence electrons. The van der Waals surface area contributed by atoms with Crippen molar-refractivity contribution in [2.75, 3.05) is 6.54 Å². The van der Waals surface area contributed by atoms with Gasteiger partial charge in [-0.25, -0.2) is 4.79 Å². The van der Waals surface area contributed by atoms with Gasteiger partial charge in [-0.05, 0) is 44.5 Å². The zero-order valence-corrected chi connectivity index (χ0v) is 12.2. The van der Waals surface area contributed by atoms with Gasteiger partial charge in [0.2, 0.25) is 0 Å². The summed E-state index contributed by atoms with van der Waals surface area (Å²) < 4.78 is 5.27. The van der Waals surface area contributed by atoms with E-state index in [4.69, 9.17) is 21.4 Å². The van der Waals surface area contributed by atoms with Gasteiger partial charge in [-0.1, -0.05) is 24.6 Å². The van der Waals surface area contributed by atoms with Crippen LogP contribution in [0.5, 0.6) is 5.75 Å². The number of carboxylic acid groups (broad SMARTS) is 1. The lowest BCUT2D eigenvalue weighted by Gasteiger charge is -2.16. The second kappa shape index (κ2) is 7.36. The van der Waals surface area contributed by atoms with Crippen LogP contribution in [0.25, 0.3) is 0 Å². The Morgan fingerprint density at radius 3 is 2.68 bits per heavy atom. The van der Waals surface area contributed by atoms with E-state index in [9.17, 15) is 4.79 Å². The Morgan fingerprint density at radius 2 is 2.16 bits per heavy atom. The van der Waals surface area contributed by atoms with Gasteiger partial charge in [-0.3, -0.25) is 0 Å². The number of rotatable bonds is 7. The minimum Gasteiger partial charge on any atom is -0.479 e. The van der Waals surface area contributed by atoms with Crippen molar-refractivity contribution in [2.45, 2.75) is 39.3 Å². The molecule has 0 aliphatic heterocycles. The van der Waals surface area contributed by atoms with Crippen LogP contribution in [0.15, 0.2) is 18.2 Å². The molecule has 0 spiro atoms. The molecule has 2 atom stereocenters. The van der Waals surface area contributed by atoms with Crippen molar-refractivity contribution < 1.29 is 14.6 Å². The molecule has 0 heterocycles. The maximum atomic E-state index is 10.7. The van der Waals surface area contributed by atoms with E-state index < -0.39 is 12.1 Å². The molecule has 4 nitrogen and oxygen atoms in total. The van der Waals surface area contributed by atoms with E-state index in [1.165, 1.54) is 6.92 Å². The van der Waals surface area contributed by atoms with Gasteiger partial charge in [0.15, 0.2) is 6.10 Å². The lowest BCUT2D eigenvalue weighted by atomic mass is 10.1. The molecule has 0 radical (unpaired) electrons. The number of benzene rings is 1. The second-order valence-electron chi connectivity index (χ2n) is 4.46. The third kappa shape index (κ3) is 4.73. The summed E-state index contributed by atoms with van der Waals surface area (Å²) in [6, 6.07) is 5.60. The van der Waals surface area contributed by atoms with Crippen molar-refractivity contribution in [1.29, 1.82) is 0 Å². The maximum absolute atomic E-state index is 10.7. The molecule has 0 aliphatic rings. The molecule has 0 fully saturated rings. The van der Waals surface area contributed by atoms with Crippen molar-refractivity contribution >= 4 is 17.6 Å². The van der Waals surface area contributed by atoms with Gasteiger partial charge in [-0.15, -0.1) is 0 Å². The van der Waals surface area contributed by atoms with Crippen LogP contribution >= 0.6 is 11.6 Å². The average molecular weight is 286 g/mol. The third-order valence-corrected chi connectivity index (χ3v) is 3.10. The molecule has 0 saturated carbocycles. The zero-order valence-electron chi connectivity index (χ0n) is 11.4. The summed E-state index contributed by atoms with van der Waals surface area (Å²) in [4.78, 5) is 10.7. The van der Waals surface area contributed by atoms with Crippen LogP contribution < -0.4 is 10.1 Å². The predicted octanol–water partition coefficient (Wildman–Crippen LogP) is 3.25. The van der Waals surface area contributed by atoms with E-state index in [0.29, 0.717) is 10.8 Å². The highest BCUT2D eigenvalue weighted by molar-refractivity contribution is 6.32. The van der Waals surface area contributed by atoms with Crippen LogP contribution in [0, 0.1) is 0 Å². The molecule has 5 heteroatoms. The summed E-state index contributed by atoms with van der Waals surface area (Å²) in [6.07, 6.45) is 0.147. The van der Waals surface area contributed by atoms with E-state index >= 15 is 0 Å². The van der Waals surface area contributed by atoms with Gasteiger partial charge < -0.3 is 15.2 Å². The molecule has 1 aromatic carbocycles. The van der Waals surface area contributed by atoms with Crippen LogP contribution in [-0.2, 0) is 4.79 Å². The highest BCUT2D eigenvalue weighted by Crippen LogP contribution is 2.28. The SMILES string of the molecule is CCCNC(C)c1ccc(OC(C)C(=O)O)c(Cl)c1. The first-order valence-electron chi connectivity index (χ1n) is 6.38. The fourth-order valence-corrected chi connectivity index (χ4v) is 1.84.